The van der Waals surface area contributed by atoms with Crippen LogP contribution in [0, 0.1) is 20.8 Å². The van der Waals surface area contributed by atoms with Gasteiger partial charge in [0.15, 0.2) is 0 Å². The topological polar surface area (TPSA) is 67.2 Å². The van der Waals surface area contributed by atoms with E-state index >= 15 is 4.39 Å². The summed E-state index contributed by atoms with van der Waals surface area (Å²) in [7, 11) is -1.12. The van der Waals surface area contributed by atoms with Gasteiger partial charge in [-0.3, -0.25) is 0 Å². The molecule has 0 N–H and O–H groups in total. The molecule has 0 spiro atoms. The fraction of sp³-hybridized carbons (Fsp3) is 0.556. The maximum absolute atomic E-state index is 15.3. The van der Waals surface area contributed by atoms with E-state index in [9.17, 15) is 0 Å². The monoisotopic (exact) mass is 345 g/mol. The van der Waals surface area contributed by atoms with Crippen molar-refractivity contribution in [2.75, 3.05) is 6.54 Å². The summed E-state index contributed by atoms with van der Waals surface area (Å²) in [5.41, 5.74) is 11.0. The fourth-order valence-corrected chi connectivity index (χ4v) is 2.77. The van der Waals surface area contributed by atoms with E-state index < -0.39 is 24.0 Å². The lowest BCUT2D eigenvalue weighted by Crippen LogP contribution is -2.41. The van der Waals surface area contributed by atoms with Gasteiger partial charge >= 0.3 is 7.12 Å². The van der Waals surface area contributed by atoms with Crippen LogP contribution < -0.4 is 0 Å². The van der Waals surface area contributed by atoms with Gasteiger partial charge in [0.05, 0.1) is 17.7 Å². The number of halogens is 1. The largest absolute Gasteiger partial charge is 0.525 e. The average molecular weight is 345 g/mol. The van der Waals surface area contributed by atoms with Crippen molar-refractivity contribution in [1.29, 1.82) is 0 Å². The molecule has 0 radical (unpaired) electrons. The standard InChI is InChI=1S/C18H25BFN3O2/c1-11-8-13(3)14(9-12(11)2)15(10-22-23-21)16(20)19-24-17(4,5)18(6,7)25-19/h8-9H,10H2,1-7H3. The van der Waals surface area contributed by atoms with Gasteiger partial charge in [-0.15, -0.1) is 0 Å². The quantitative estimate of drug-likeness (QED) is 0.324. The average Bonchev–Trinajstić information content (AvgIpc) is 2.72. The number of aryl methyl sites for hydroxylation is 3. The second kappa shape index (κ2) is 6.83. The first-order valence-corrected chi connectivity index (χ1v) is 8.33. The summed E-state index contributed by atoms with van der Waals surface area (Å²) in [6.45, 7) is 13.3. The van der Waals surface area contributed by atoms with Crippen LogP contribution in [-0.2, 0) is 9.31 Å². The van der Waals surface area contributed by atoms with E-state index in [-0.39, 0.29) is 6.54 Å². The molecule has 0 saturated carbocycles. The Morgan fingerprint density at radius 2 is 1.60 bits per heavy atom. The Labute approximate surface area is 149 Å². The summed E-state index contributed by atoms with van der Waals surface area (Å²) in [5, 5.41) is 3.58. The zero-order valence-corrected chi connectivity index (χ0v) is 16.0. The molecule has 0 unspecified atom stereocenters. The minimum atomic E-state index is -1.12. The van der Waals surface area contributed by atoms with E-state index in [1.54, 1.807) is 0 Å². The van der Waals surface area contributed by atoms with Crippen LogP contribution in [0.4, 0.5) is 4.39 Å². The Morgan fingerprint density at radius 3 is 2.12 bits per heavy atom. The molecule has 0 bridgehead atoms. The van der Waals surface area contributed by atoms with Gasteiger partial charge in [-0.25, -0.2) is 4.39 Å². The van der Waals surface area contributed by atoms with Crippen LogP contribution in [-0.4, -0.2) is 24.9 Å². The smallest absolute Gasteiger partial charge is 0.398 e. The van der Waals surface area contributed by atoms with Crippen molar-refractivity contribution in [1.82, 2.24) is 0 Å². The molecule has 134 valence electrons. The molecule has 1 aromatic carbocycles. The maximum Gasteiger partial charge on any atom is 0.525 e. The minimum Gasteiger partial charge on any atom is -0.398 e. The van der Waals surface area contributed by atoms with Crippen molar-refractivity contribution in [3.05, 3.63) is 50.6 Å². The highest BCUT2D eigenvalue weighted by Gasteiger charge is 2.53. The zero-order chi connectivity index (χ0) is 19.0. The summed E-state index contributed by atoms with van der Waals surface area (Å²) in [6, 6.07) is 3.91. The van der Waals surface area contributed by atoms with E-state index in [1.165, 1.54) is 0 Å². The van der Waals surface area contributed by atoms with E-state index in [0.29, 0.717) is 11.1 Å². The number of nitrogens with zero attached hydrogens (tertiary/aromatic N) is 3. The molecule has 1 fully saturated rings. The number of hydrogen-bond donors (Lipinski definition) is 0. The van der Waals surface area contributed by atoms with Crippen LogP contribution >= 0.6 is 0 Å². The molecule has 25 heavy (non-hydrogen) atoms. The fourth-order valence-electron chi connectivity index (χ4n) is 2.77. The maximum atomic E-state index is 15.3. The molecule has 1 saturated heterocycles. The van der Waals surface area contributed by atoms with Crippen molar-refractivity contribution in [2.24, 2.45) is 5.11 Å². The molecule has 7 heteroatoms. The highest BCUT2D eigenvalue weighted by Crippen LogP contribution is 2.40. The molecular formula is C18H25BFN3O2. The summed E-state index contributed by atoms with van der Waals surface area (Å²) < 4.78 is 27.0. The van der Waals surface area contributed by atoms with E-state index in [4.69, 9.17) is 14.8 Å². The molecule has 1 aromatic rings. The number of rotatable bonds is 4. The van der Waals surface area contributed by atoms with Gasteiger partial charge in [0, 0.05) is 4.91 Å². The van der Waals surface area contributed by atoms with E-state index in [1.807, 2.05) is 60.6 Å². The van der Waals surface area contributed by atoms with E-state index in [2.05, 4.69) is 10.0 Å². The molecule has 1 aliphatic rings. The minimum absolute atomic E-state index is 0.101. The van der Waals surface area contributed by atoms with Gasteiger partial charge in [0.2, 0.25) is 0 Å². The predicted molar refractivity (Wildman–Crippen MR) is 98.8 cm³/mol. The van der Waals surface area contributed by atoms with Gasteiger partial charge in [0.1, 0.15) is 5.73 Å². The second-order valence-corrected chi connectivity index (χ2v) is 7.56. The van der Waals surface area contributed by atoms with Crippen molar-refractivity contribution in [3.8, 4) is 0 Å². The Hall–Kier alpha value is -1.82. The first kappa shape index (κ1) is 19.5. The van der Waals surface area contributed by atoms with Crippen molar-refractivity contribution in [3.63, 3.8) is 0 Å². The molecule has 5 nitrogen and oxygen atoms in total. The van der Waals surface area contributed by atoms with Crippen molar-refractivity contribution in [2.45, 2.75) is 59.7 Å². The summed E-state index contributed by atoms with van der Waals surface area (Å²) in [6.07, 6.45) is 0. The van der Waals surface area contributed by atoms with Crippen LogP contribution in [0.15, 0.2) is 23.0 Å². The number of benzene rings is 1. The molecular weight excluding hydrogens is 320 g/mol. The van der Waals surface area contributed by atoms with Gasteiger partial charge in [0.25, 0.3) is 0 Å². The lowest BCUT2D eigenvalue weighted by atomic mass is 9.81. The summed E-state index contributed by atoms with van der Waals surface area (Å²) >= 11 is 0. The highest BCUT2D eigenvalue weighted by molar-refractivity contribution is 6.55. The third-order valence-electron chi connectivity index (χ3n) is 5.21. The van der Waals surface area contributed by atoms with Crippen LogP contribution in [0.25, 0.3) is 16.0 Å². The predicted octanol–water partition coefficient (Wildman–Crippen LogP) is 5.23. The Morgan fingerprint density at radius 1 is 1.08 bits per heavy atom. The molecule has 0 atom stereocenters. The van der Waals surface area contributed by atoms with Gasteiger partial charge in [-0.05, 0) is 81.8 Å². The van der Waals surface area contributed by atoms with Crippen LogP contribution in [0.3, 0.4) is 0 Å². The molecule has 1 aliphatic heterocycles. The Kier molecular flexibility index (Phi) is 5.33. The molecule has 0 aliphatic carbocycles. The third kappa shape index (κ3) is 3.74. The third-order valence-corrected chi connectivity index (χ3v) is 5.21. The molecule has 1 heterocycles. The molecule has 2 rings (SSSR count). The Balaban J connectivity index is 2.56. The van der Waals surface area contributed by atoms with Gasteiger partial charge < -0.3 is 9.31 Å². The van der Waals surface area contributed by atoms with Crippen LogP contribution in [0.5, 0.6) is 0 Å². The lowest BCUT2D eigenvalue weighted by molar-refractivity contribution is 0.00578. The van der Waals surface area contributed by atoms with Crippen molar-refractivity contribution >= 4 is 12.7 Å². The molecule has 0 aromatic heterocycles. The number of hydrogen-bond acceptors (Lipinski definition) is 3. The first-order valence-electron chi connectivity index (χ1n) is 8.33. The molecule has 0 amide bonds. The zero-order valence-electron chi connectivity index (χ0n) is 16.0. The van der Waals surface area contributed by atoms with Gasteiger partial charge in [-0.1, -0.05) is 17.2 Å². The van der Waals surface area contributed by atoms with Gasteiger partial charge in [-0.2, -0.15) is 0 Å². The van der Waals surface area contributed by atoms with Crippen LogP contribution in [0.1, 0.15) is 49.9 Å². The normalized spacial score (nSPS) is 19.4. The highest BCUT2D eigenvalue weighted by atomic mass is 19.1. The first-order chi connectivity index (χ1) is 11.5. The van der Waals surface area contributed by atoms with E-state index in [0.717, 1.165) is 16.7 Å². The number of azide groups is 1. The van der Waals surface area contributed by atoms with Crippen molar-refractivity contribution < 1.29 is 13.7 Å². The summed E-state index contributed by atoms with van der Waals surface area (Å²) in [5.74, 6) is 0. The summed E-state index contributed by atoms with van der Waals surface area (Å²) in [4.78, 5) is 2.78. The Bertz CT molecular complexity index is 752. The SMILES string of the molecule is Cc1cc(C)c(C(CN=[N+]=[N-])=C(F)B2OC(C)(C)C(C)(C)O2)cc1C. The lowest BCUT2D eigenvalue weighted by Gasteiger charge is -2.32. The van der Waals surface area contributed by atoms with Crippen LogP contribution in [0.2, 0.25) is 0 Å². The second-order valence-electron chi connectivity index (χ2n) is 7.56.